The van der Waals surface area contributed by atoms with E-state index in [0.29, 0.717) is 11.3 Å². The molecule has 1 atom stereocenters. The molecule has 0 aliphatic heterocycles. The smallest absolute Gasteiger partial charge is 0.333 e. The fourth-order valence-electron chi connectivity index (χ4n) is 2.17. The summed E-state index contributed by atoms with van der Waals surface area (Å²) in [7, 11) is -4.14. The average Bonchev–Trinajstić information content (AvgIpc) is 2.26. The van der Waals surface area contributed by atoms with Crippen molar-refractivity contribution in [1.82, 2.24) is 0 Å². The summed E-state index contributed by atoms with van der Waals surface area (Å²) < 4.78 is 11.6. The first-order valence-corrected chi connectivity index (χ1v) is 7.49. The van der Waals surface area contributed by atoms with Crippen LogP contribution in [0.1, 0.15) is 37.9 Å². The second-order valence-corrected chi connectivity index (χ2v) is 6.01. The molecule has 4 N–H and O–H groups in total. The molecule has 0 saturated carbocycles. The van der Waals surface area contributed by atoms with Gasteiger partial charge in [-0.1, -0.05) is 38.8 Å². The molecule has 0 fully saturated rings. The molecule has 0 aromatic heterocycles. The highest BCUT2D eigenvalue weighted by Crippen LogP contribution is 2.57. The van der Waals surface area contributed by atoms with Gasteiger partial charge in [0, 0.05) is 5.69 Å². The second kappa shape index (κ2) is 5.67. The van der Waals surface area contributed by atoms with Gasteiger partial charge < -0.3 is 15.5 Å². The van der Waals surface area contributed by atoms with E-state index in [4.69, 9.17) is 5.73 Å². The fourth-order valence-corrected chi connectivity index (χ4v) is 3.70. The van der Waals surface area contributed by atoms with E-state index in [0.717, 1.165) is 12.8 Å². The number of nitrogen functional groups attached to an aromatic ring is 1. The summed E-state index contributed by atoms with van der Waals surface area (Å²) in [6.45, 7) is 3.91. The Morgan fingerprint density at radius 2 is 1.65 bits per heavy atom. The number of nitrogens with two attached hydrogens (primary N) is 1. The standard InChI is InChI=1S/C12H20NO3P/c1-3-9(4-2)12(17(14,15)16)10-5-7-11(13)8-6-10/h5-9,12H,3-4,13H2,1-2H3,(H2,14,15,16). The zero-order chi connectivity index (χ0) is 13.1. The fraction of sp³-hybridized carbons (Fsp3) is 0.500. The molecule has 0 heterocycles. The third kappa shape index (κ3) is 3.56. The molecule has 0 amide bonds. The molecule has 0 bridgehead atoms. The predicted octanol–water partition coefficient (Wildman–Crippen LogP) is 2.92. The van der Waals surface area contributed by atoms with Crippen molar-refractivity contribution in [2.75, 3.05) is 5.73 Å². The lowest BCUT2D eigenvalue weighted by Gasteiger charge is -2.26. The number of anilines is 1. The summed E-state index contributed by atoms with van der Waals surface area (Å²) >= 11 is 0. The van der Waals surface area contributed by atoms with Crippen LogP contribution >= 0.6 is 7.60 Å². The van der Waals surface area contributed by atoms with Gasteiger partial charge in [-0.2, -0.15) is 0 Å². The third-order valence-electron chi connectivity index (χ3n) is 3.14. The Labute approximate surface area is 102 Å². The third-order valence-corrected chi connectivity index (χ3v) is 4.58. The predicted molar refractivity (Wildman–Crippen MR) is 69.7 cm³/mol. The second-order valence-electron chi connectivity index (χ2n) is 4.28. The molecule has 0 saturated heterocycles. The Hall–Kier alpha value is -0.830. The summed E-state index contributed by atoms with van der Waals surface area (Å²) in [5.74, 6) is -0.0144. The quantitative estimate of drug-likeness (QED) is 0.559. The van der Waals surface area contributed by atoms with Crippen LogP contribution in [-0.2, 0) is 4.57 Å². The van der Waals surface area contributed by atoms with Crippen LogP contribution in [0.3, 0.4) is 0 Å². The average molecular weight is 257 g/mol. The minimum absolute atomic E-state index is 0.0144. The molecule has 0 radical (unpaired) electrons. The molecular formula is C12H20NO3P. The Kier molecular flexibility index (Phi) is 4.75. The number of hydrogen-bond acceptors (Lipinski definition) is 2. The maximum absolute atomic E-state index is 11.6. The van der Waals surface area contributed by atoms with Gasteiger partial charge in [-0.3, -0.25) is 4.57 Å². The zero-order valence-corrected chi connectivity index (χ0v) is 11.1. The van der Waals surface area contributed by atoms with Crippen molar-refractivity contribution in [3.8, 4) is 0 Å². The van der Waals surface area contributed by atoms with Gasteiger partial charge in [0.25, 0.3) is 0 Å². The van der Waals surface area contributed by atoms with E-state index < -0.39 is 13.3 Å². The molecule has 96 valence electrons. The van der Waals surface area contributed by atoms with Crippen molar-refractivity contribution in [3.63, 3.8) is 0 Å². The van der Waals surface area contributed by atoms with E-state index in [1.165, 1.54) is 0 Å². The first kappa shape index (κ1) is 14.2. The maximum atomic E-state index is 11.6. The number of hydrogen-bond donors (Lipinski definition) is 3. The molecule has 1 unspecified atom stereocenters. The van der Waals surface area contributed by atoms with Gasteiger partial charge in [-0.15, -0.1) is 0 Å². The van der Waals surface area contributed by atoms with Crippen molar-refractivity contribution >= 4 is 13.3 Å². The molecule has 1 rings (SSSR count). The molecule has 1 aromatic rings. The van der Waals surface area contributed by atoms with Crippen molar-refractivity contribution in [3.05, 3.63) is 29.8 Å². The minimum atomic E-state index is -4.14. The van der Waals surface area contributed by atoms with Crippen LogP contribution in [0.15, 0.2) is 24.3 Å². The van der Waals surface area contributed by atoms with Crippen molar-refractivity contribution in [1.29, 1.82) is 0 Å². The molecule has 4 nitrogen and oxygen atoms in total. The van der Waals surface area contributed by atoms with Crippen molar-refractivity contribution in [2.24, 2.45) is 5.92 Å². The van der Waals surface area contributed by atoms with Gasteiger partial charge >= 0.3 is 7.60 Å². The Morgan fingerprint density at radius 1 is 1.18 bits per heavy atom. The molecular weight excluding hydrogens is 237 g/mol. The van der Waals surface area contributed by atoms with Crippen LogP contribution in [0.2, 0.25) is 0 Å². The van der Waals surface area contributed by atoms with Gasteiger partial charge in [-0.25, -0.2) is 0 Å². The lowest BCUT2D eigenvalue weighted by Crippen LogP contribution is -2.12. The van der Waals surface area contributed by atoms with Crippen LogP contribution < -0.4 is 5.73 Å². The highest BCUT2D eigenvalue weighted by molar-refractivity contribution is 7.52. The normalized spacial score (nSPS) is 13.9. The van der Waals surface area contributed by atoms with E-state index in [1.807, 2.05) is 13.8 Å². The first-order chi connectivity index (χ1) is 7.90. The zero-order valence-electron chi connectivity index (χ0n) is 10.2. The number of benzene rings is 1. The van der Waals surface area contributed by atoms with E-state index in [1.54, 1.807) is 24.3 Å². The number of rotatable bonds is 5. The molecule has 0 aliphatic rings. The lowest BCUT2D eigenvalue weighted by atomic mass is 9.94. The van der Waals surface area contributed by atoms with E-state index in [2.05, 4.69) is 0 Å². The largest absolute Gasteiger partial charge is 0.399 e. The molecule has 5 heteroatoms. The van der Waals surface area contributed by atoms with Crippen LogP contribution in [-0.4, -0.2) is 9.79 Å². The van der Waals surface area contributed by atoms with Gasteiger partial charge in [0.2, 0.25) is 0 Å². The molecule has 0 aliphatic carbocycles. The Morgan fingerprint density at radius 3 is 2.00 bits per heavy atom. The highest BCUT2D eigenvalue weighted by atomic mass is 31.2. The highest BCUT2D eigenvalue weighted by Gasteiger charge is 2.35. The first-order valence-electron chi connectivity index (χ1n) is 5.80. The summed E-state index contributed by atoms with van der Waals surface area (Å²) in [5.41, 5.74) is 6.13. The monoisotopic (exact) mass is 257 g/mol. The van der Waals surface area contributed by atoms with E-state index in [9.17, 15) is 14.4 Å². The topological polar surface area (TPSA) is 83.6 Å². The summed E-state index contributed by atoms with van der Waals surface area (Å²) in [5, 5.41) is 0. The summed E-state index contributed by atoms with van der Waals surface area (Å²) in [6, 6.07) is 6.77. The van der Waals surface area contributed by atoms with Gasteiger partial charge in [0.1, 0.15) is 0 Å². The van der Waals surface area contributed by atoms with Gasteiger partial charge in [-0.05, 0) is 23.6 Å². The summed E-state index contributed by atoms with van der Waals surface area (Å²) in [6.07, 6.45) is 1.49. The molecule has 17 heavy (non-hydrogen) atoms. The lowest BCUT2D eigenvalue weighted by molar-refractivity contribution is 0.327. The van der Waals surface area contributed by atoms with Gasteiger partial charge in [0.15, 0.2) is 0 Å². The minimum Gasteiger partial charge on any atom is -0.399 e. The molecule has 0 spiro atoms. The van der Waals surface area contributed by atoms with Crippen LogP contribution in [0, 0.1) is 5.92 Å². The summed E-state index contributed by atoms with van der Waals surface area (Å²) in [4.78, 5) is 19.0. The van der Waals surface area contributed by atoms with Crippen LogP contribution in [0.5, 0.6) is 0 Å². The maximum Gasteiger partial charge on any atom is 0.333 e. The van der Waals surface area contributed by atoms with Crippen molar-refractivity contribution < 1.29 is 14.4 Å². The van der Waals surface area contributed by atoms with Crippen molar-refractivity contribution in [2.45, 2.75) is 32.3 Å². The van der Waals surface area contributed by atoms with E-state index >= 15 is 0 Å². The van der Waals surface area contributed by atoms with Crippen LogP contribution in [0.4, 0.5) is 5.69 Å². The Bertz CT molecular complexity index is 395. The Balaban J connectivity index is 3.15. The van der Waals surface area contributed by atoms with Crippen LogP contribution in [0.25, 0.3) is 0 Å². The van der Waals surface area contributed by atoms with Gasteiger partial charge in [0.05, 0.1) is 5.66 Å². The molecule has 1 aromatic carbocycles. The SMILES string of the molecule is CCC(CC)C(c1ccc(N)cc1)P(=O)(O)O. The van der Waals surface area contributed by atoms with E-state index in [-0.39, 0.29) is 5.92 Å².